The second kappa shape index (κ2) is 9.49. The first-order valence-electron chi connectivity index (χ1n) is 7.38. The molecule has 0 saturated heterocycles. The van der Waals surface area contributed by atoms with Crippen molar-refractivity contribution in [2.24, 2.45) is 5.10 Å². The number of nitrogens with zero attached hydrogens (tertiary/aromatic N) is 1. The summed E-state index contributed by atoms with van der Waals surface area (Å²) in [6.07, 6.45) is 0. The van der Waals surface area contributed by atoms with Gasteiger partial charge in [-0.05, 0) is 54.4 Å². The summed E-state index contributed by atoms with van der Waals surface area (Å²) in [5.74, 6) is 1.84. The summed E-state index contributed by atoms with van der Waals surface area (Å²) in [5.41, 5.74) is 5.47. The van der Waals surface area contributed by atoms with Crippen LogP contribution in [-0.2, 0) is 10.5 Å². The first-order chi connectivity index (χ1) is 11.6. The lowest BCUT2D eigenvalue weighted by atomic mass is 10.1. The van der Waals surface area contributed by atoms with Gasteiger partial charge in [-0.15, -0.1) is 11.8 Å². The van der Waals surface area contributed by atoms with Crippen molar-refractivity contribution >= 4 is 39.3 Å². The number of hydrazone groups is 1. The lowest BCUT2D eigenvalue weighted by Crippen LogP contribution is -2.21. The van der Waals surface area contributed by atoms with E-state index in [9.17, 15) is 4.79 Å². The Kier molecular flexibility index (Phi) is 7.34. The molecule has 2 aromatic carbocycles. The van der Waals surface area contributed by atoms with Gasteiger partial charge in [0.15, 0.2) is 0 Å². The van der Waals surface area contributed by atoms with E-state index in [0.717, 1.165) is 27.3 Å². The third-order valence-corrected chi connectivity index (χ3v) is 4.74. The molecule has 2 rings (SSSR count). The highest BCUT2D eigenvalue weighted by Gasteiger charge is 2.03. The standard InChI is InChI=1S/C18H19BrN2O2S/c1-13(15-6-8-17(23-2)9-7-15)20-21-18(22)12-24-11-14-4-3-5-16(19)10-14/h3-10H,11-12H2,1-2H3,(H,21,22)/b20-13-. The van der Waals surface area contributed by atoms with Crippen LogP contribution in [0.5, 0.6) is 5.75 Å². The number of amides is 1. The van der Waals surface area contributed by atoms with Crippen molar-refractivity contribution in [3.05, 3.63) is 64.1 Å². The van der Waals surface area contributed by atoms with Crippen molar-refractivity contribution in [1.29, 1.82) is 0 Å². The van der Waals surface area contributed by atoms with E-state index < -0.39 is 0 Å². The molecule has 0 fully saturated rings. The fourth-order valence-electron chi connectivity index (χ4n) is 1.96. The van der Waals surface area contributed by atoms with Gasteiger partial charge in [-0.2, -0.15) is 5.10 Å². The number of carbonyl (C=O) groups is 1. The molecule has 0 unspecified atom stereocenters. The Morgan fingerprint density at radius 3 is 2.67 bits per heavy atom. The van der Waals surface area contributed by atoms with Gasteiger partial charge < -0.3 is 4.74 Å². The number of thioether (sulfide) groups is 1. The number of carbonyl (C=O) groups excluding carboxylic acids is 1. The zero-order chi connectivity index (χ0) is 17.4. The molecule has 1 amide bonds. The van der Waals surface area contributed by atoms with Crippen molar-refractivity contribution in [2.75, 3.05) is 12.9 Å². The van der Waals surface area contributed by atoms with Crippen LogP contribution in [0.3, 0.4) is 0 Å². The monoisotopic (exact) mass is 406 g/mol. The smallest absolute Gasteiger partial charge is 0.250 e. The van der Waals surface area contributed by atoms with Crippen LogP contribution in [0.2, 0.25) is 0 Å². The summed E-state index contributed by atoms with van der Waals surface area (Å²) in [6.45, 7) is 1.86. The number of rotatable bonds is 7. The molecular weight excluding hydrogens is 388 g/mol. The van der Waals surface area contributed by atoms with Crippen LogP contribution in [0.25, 0.3) is 0 Å². The first kappa shape index (κ1) is 18.5. The van der Waals surface area contributed by atoms with Crippen LogP contribution in [0, 0.1) is 0 Å². The molecule has 0 bridgehead atoms. The van der Waals surface area contributed by atoms with E-state index in [1.54, 1.807) is 18.9 Å². The number of hydrogen-bond acceptors (Lipinski definition) is 4. The van der Waals surface area contributed by atoms with Gasteiger partial charge in [0.05, 0.1) is 18.6 Å². The zero-order valence-corrected chi connectivity index (χ0v) is 16.0. The molecule has 6 heteroatoms. The van der Waals surface area contributed by atoms with E-state index in [1.807, 2.05) is 49.4 Å². The molecule has 1 N–H and O–H groups in total. The van der Waals surface area contributed by atoms with Crippen LogP contribution >= 0.6 is 27.7 Å². The summed E-state index contributed by atoms with van der Waals surface area (Å²) >= 11 is 5.00. The Bertz CT molecular complexity index is 717. The fourth-order valence-corrected chi connectivity index (χ4v) is 3.18. The zero-order valence-electron chi connectivity index (χ0n) is 13.6. The fraction of sp³-hybridized carbons (Fsp3) is 0.222. The Labute approximate surface area is 154 Å². The summed E-state index contributed by atoms with van der Waals surface area (Å²) in [4.78, 5) is 11.9. The lowest BCUT2D eigenvalue weighted by molar-refractivity contribution is -0.118. The lowest BCUT2D eigenvalue weighted by Gasteiger charge is -2.05. The van der Waals surface area contributed by atoms with Crippen LogP contribution < -0.4 is 10.2 Å². The van der Waals surface area contributed by atoms with Gasteiger partial charge in [-0.3, -0.25) is 4.79 Å². The minimum absolute atomic E-state index is 0.108. The number of halogens is 1. The van der Waals surface area contributed by atoms with Crippen molar-refractivity contribution in [2.45, 2.75) is 12.7 Å². The Hall–Kier alpha value is -1.79. The van der Waals surface area contributed by atoms with Crippen molar-refractivity contribution in [1.82, 2.24) is 5.43 Å². The second-order valence-electron chi connectivity index (χ2n) is 5.08. The van der Waals surface area contributed by atoms with Gasteiger partial charge in [0.25, 0.3) is 0 Å². The molecule has 0 atom stereocenters. The molecule has 126 valence electrons. The Morgan fingerprint density at radius 2 is 2.00 bits per heavy atom. The van der Waals surface area contributed by atoms with E-state index in [1.165, 1.54) is 5.56 Å². The molecule has 0 aliphatic carbocycles. The van der Waals surface area contributed by atoms with Gasteiger partial charge in [0.1, 0.15) is 5.75 Å². The predicted octanol–water partition coefficient (Wildman–Crippen LogP) is 4.23. The molecule has 0 radical (unpaired) electrons. The summed E-state index contributed by atoms with van der Waals surface area (Å²) in [6, 6.07) is 15.6. The molecule has 4 nitrogen and oxygen atoms in total. The molecule has 0 saturated carbocycles. The van der Waals surface area contributed by atoms with E-state index in [4.69, 9.17) is 4.74 Å². The number of hydrogen-bond donors (Lipinski definition) is 1. The van der Waals surface area contributed by atoms with Gasteiger partial charge in [0.2, 0.25) is 5.91 Å². The van der Waals surface area contributed by atoms with Crippen molar-refractivity contribution in [3.8, 4) is 5.75 Å². The normalized spacial score (nSPS) is 11.2. The first-order valence-corrected chi connectivity index (χ1v) is 9.33. The van der Waals surface area contributed by atoms with Crippen LogP contribution in [0.1, 0.15) is 18.1 Å². The minimum Gasteiger partial charge on any atom is -0.497 e. The molecule has 2 aromatic rings. The summed E-state index contributed by atoms with van der Waals surface area (Å²) < 4.78 is 6.17. The highest BCUT2D eigenvalue weighted by molar-refractivity contribution is 9.10. The summed E-state index contributed by atoms with van der Waals surface area (Å²) in [7, 11) is 1.63. The van der Waals surface area contributed by atoms with Gasteiger partial charge in [0, 0.05) is 10.2 Å². The number of nitrogens with one attached hydrogen (secondary N) is 1. The number of benzene rings is 2. The molecule has 0 heterocycles. The average molecular weight is 407 g/mol. The Morgan fingerprint density at radius 1 is 1.25 bits per heavy atom. The predicted molar refractivity (Wildman–Crippen MR) is 104 cm³/mol. The molecule has 0 aliphatic heterocycles. The van der Waals surface area contributed by atoms with Crippen molar-refractivity contribution < 1.29 is 9.53 Å². The van der Waals surface area contributed by atoms with Crippen LogP contribution in [0.15, 0.2) is 58.1 Å². The van der Waals surface area contributed by atoms with E-state index in [0.29, 0.717) is 5.75 Å². The van der Waals surface area contributed by atoms with Crippen molar-refractivity contribution in [3.63, 3.8) is 0 Å². The third-order valence-electron chi connectivity index (χ3n) is 3.25. The van der Waals surface area contributed by atoms with Crippen LogP contribution in [-0.4, -0.2) is 24.5 Å². The highest BCUT2D eigenvalue weighted by atomic mass is 79.9. The molecular formula is C18H19BrN2O2S. The SMILES string of the molecule is COc1ccc(/C(C)=N\NC(=O)CSCc2cccc(Br)c2)cc1. The third kappa shape index (κ3) is 6.02. The maximum absolute atomic E-state index is 11.9. The molecule has 24 heavy (non-hydrogen) atoms. The molecule has 0 aromatic heterocycles. The van der Waals surface area contributed by atoms with E-state index in [-0.39, 0.29) is 5.91 Å². The maximum Gasteiger partial charge on any atom is 0.250 e. The molecule has 0 spiro atoms. The van der Waals surface area contributed by atoms with Gasteiger partial charge in [-0.1, -0.05) is 28.1 Å². The van der Waals surface area contributed by atoms with Gasteiger partial charge >= 0.3 is 0 Å². The topological polar surface area (TPSA) is 50.7 Å². The highest BCUT2D eigenvalue weighted by Crippen LogP contribution is 2.17. The maximum atomic E-state index is 11.9. The molecule has 0 aliphatic rings. The van der Waals surface area contributed by atoms with E-state index >= 15 is 0 Å². The largest absolute Gasteiger partial charge is 0.497 e. The minimum atomic E-state index is -0.108. The van der Waals surface area contributed by atoms with Gasteiger partial charge in [-0.25, -0.2) is 5.43 Å². The Balaban J connectivity index is 1.78. The second-order valence-corrected chi connectivity index (χ2v) is 6.98. The summed E-state index contributed by atoms with van der Waals surface area (Å²) in [5, 5.41) is 4.15. The van der Waals surface area contributed by atoms with E-state index in [2.05, 4.69) is 32.5 Å². The number of ether oxygens (including phenoxy) is 1. The number of methoxy groups -OCH3 is 1. The van der Waals surface area contributed by atoms with Crippen LogP contribution in [0.4, 0.5) is 0 Å². The average Bonchev–Trinajstić information content (AvgIpc) is 2.60. The quantitative estimate of drug-likeness (QED) is 0.552.